The van der Waals surface area contributed by atoms with Crippen LogP contribution in [-0.2, 0) is 14.3 Å². The summed E-state index contributed by atoms with van der Waals surface area (Å²) in [4.78, 5) is 23.9. The molecule has 1 amide bonds. The molecule has 0 aromatic heterocycles. The van der Waals surface area contributed by atoms with E-state index < -0.39 is 19.9 Å². The number of carbonyl (C=O) groups is 2. The zero-order valence-corrected chi connectivity index (χ0v) is 14.5. The van der Waals surface area contributed by atoms with Crippen molar-refractivity contribution in [1.29, 1.82) is 0 Å². The molecule has 0 saturated carbocycles. The van der Waals surface area contributed by atoms with E-state index in [1.165, 1.54) is 6.92 Å². The van der Waals surface area contributed by atoms with Gasteiger partial charge < -0.3 is 9.30 Å². The van der Waals surface area contributed by atoms with Gasteiger partial charge in [-0.25, -0.2) is 0 Å². The Morgan fingerprint density at radius 3 is 2.21 bits per heavy atom. The highest BCUT2D eigenvalue weighted by Crippen LogP contribution is 2.51. The third-order valence-corrected chi connectivity index (χ3v) is 10.2. The molecule has 1 unspecified atom stereocenters. The molecule has 1 rings (SSSR count). The van der Waals surface area contributed by atoms with Gasteiger partial charge in [0, 0.05) is 6.92 Å². The van der Waals surface area contributed by atoms with Crippen molar-refractivity contribution in [2.24, 2.45) is 5.41 Å². The second-order valence-electron chi connectivity index (χ2n) is 7.22. The summed E-state index contributed by atoms with van der Waals surface area (Å²) in [6.07, 6.45) is 0.290. The molecule has 0 bridgehead atoms. The van der Waals surface area contributed by atoms with E-state index in [2.05, 4.69) is 33.9 Å². The fourth-order valence-electron chi connectivity index (χ4n) is 2.28. The van der Waals surface area contributed by atoms with E-state index in [4.69, 9.17) is 4.74 Å². The lowest BCUT2D eigenvalue weighted by Gasteiger charge is -2.61. The summed E-state index contributed by atoms with van der Waals surface area (Å²) >= 11 is 0. The Hall–Kier alpha value is -0.843. The summed E-state index contributed by atoms with van der Waals surface area (Å²) in [5.41, 5.74) is -0.554. The highest BCUT2D eigenvalue weighted by molar-refractivity contribution is 6.80. The molecule has 0 spiro atoms. The first-order chi connectivity index (χ1) is 8.39. The molecular formula is C14H27NO3Si. The molecule has 1 aliphatic rings. The van der Waals surface area contributed by atoms with Gasteiger partial charge in [-0.05, 0) is 18.4 Å². The molecule has 4 nitrogen and oxygen atoms in total. The van der Waals surface area contributed by atoms with E-state index in [9.17, 15) is 9.59 Å². The molecule has 1 fully saturated rings. The van der Waals surface area contributed by atoms with Gasteiger partial charge in [-0.3, -0.25) is 9.59 Å². The van der Waals surface area contributed by atoms with Crippen LogP contribution in [0.3, 0.4) is 0 Å². The molecule has 5 heteroatoms. The second kappa shape index (κ2) is 4.61. The molecule has 1 saturated heterocycles. The number of hydrogen-bond acceptors (Lipinski definition) is 3. The summed E-state index contributed by atoms with van der Waals surface area (Å²) in [6, 6.07) is 0. The Bertz CT molecular complexity index is 400. The maximum absolute atomic E-state index is 12.6. The number of hydrogen-bond donors (Lipinski definition) is 0. The summed E-state index contributed by atoms with van der Waals surface area (Å²) in [5.74, 6) is -0.186. The van der Waals surface area contributed by atoms with Crippen molar-refractivity contribution in [3.05, 3.63) is 0 Å². The summed E-state index contributed by atoms with van der Waals surface area (Å²) in [6.45, 7) is 16.1. The van der Waals surface area contributed by atoms with Crippen LogP contribution in [0.5, 0.6) is 0 Å². The Balaban J connectivity index is 3.14. The number of β-lactam (4-membered cyclic amide) rings is 1. The number of amides is 1. The minimum atomic E-state index is -2.01. The van der Waals surface area contributed by atoms with Crippen LogP contribution in [0.25, 0.3) is 0 Å². The Labute approximate surface area is 117 Å². The summed E-state index contributed by atoms with van der Waals surface area (Å²) in [7, 11) is -2.01. The largest absolute Gasteiger partial charge is 0.441 e. The van der Waals surface area contributed by atoms with Gasteiger partial charge in [0.15, 0.2) is 14.5 Å². The van der Waals surface area contributed by atoms with Crippen molar-refractivity contribution in [3.8, 4) is 0 Å². The SMILES string of the molecule is CC[C@@]1(C)C(=O)N([Si](C)(C)C(C)(C)C)C1OC(C)=O. The lowest BCUT2D eigenvalue weighted by Crippen LogP contribution is -2.77. The second-order valence-corrected chi connectivity index (χ2v) is 12.3. The first-order valence-corrected chi connectivity index (χ1v) is 9.85. The standard InChI is InChI=1S/C14H27NO3Si/c1-9-14(6)11(17)15(12(14)18-10(2)16)19(7,8)13(3,4)5/h12H,9H2,1-8H3/t12?,14-/m0/s1. The van der Waals surface area contributed by atoms with Crippen LogP contribution in [0, 0.1) is 5.41 Å². The number of esters is 1. The van der Waals surface area contributed by atoms with Crippen molar-refractivity contribution < 1.29 is 14.3 Å². The fourth-order valence-corrected chi connectivity index (χ4v) is 4.69. The predicted molar refractivity (Wildman–Crippen MR) is 78.0 cm³/mol. The number of carbonyl (C=O) groups excluding carboxylic acids is 2. The van der Waals surface area contributed by atoms with Crippen LogP contribution in [0.4, 0.5) is 0 Å². The van der Waals surface area contributed by atoms with Gasteiger partial charge >= 0.3 is 5.97 Å². The molecule has 0 aromatic rings. The lowest BCUT2D eigenvalue weighted by molar-refractivity contribution is -0.203. The van der Waals surface area contributed by atoms with E-state index in [0.29, 0.717) is 6.42 Å². The smallest absolute Gasteiger partial charge is 0.304 e. The van der Waals surface area contributed by atoms with Crippen molar-refractivity contribution in [1.82, 2.24) is 4.57 Å². The van der Waals surface area contributed by atoms with E-state index >= 15 is 0 Å². The number of ether oxygens (including phenoxy) is 1. The Kier molecular flexibility index (Phi) is 3.94. The normalized spacial score (nSPS) is 28.1. The first-order valence-electron chi connectivity index (χ1n) is 6.90. The average molecular weight is 285 g/mol. The molecular weight excluding hydrogens is 258 g/mol. The molecule has 0 N–H and O–H groups in total. The molecule has 19 heavy (non-hydrogen) atoms. The topological polar surface area (TPSA) is 46.6 Å². The zero-order chi connectivity index (χ0) is 15.2. The van der Waals surface area contributed by atoms with Crippen LogP contribution >= 0.6 is 0 Å². The van der Waals surface area contributed by atoms with Crippen molar-refractivity contribution in [2.45, 2.75) is 72.3 Å². The number of rotatable bonds is 3. The minimum absolute atomic E-state index is 0.0378. The third-order valence-electron chi connectivity index (χ3n) is 4.94. The Morgan fingerprint density at radius 1 is 1.42 bits per heavy atom. The zero-order valence-electron chi connectivity index (χ0n) is 13.5. The van der Waals surface area contributed by atoms with Gasteiger partial charge in [0.1, 0.15) is 5.41 Å². The van der Waals surface area contributed by atoms with Gasteiger partial charge in [-0.1, -0.05) is 40.8 Å². The van der Waals surface area contributed by atoms with E-state index in [1.807, 2.05) is 18.4 Å². The van der Waals surface area contributed by atoms with Crippen LogP contribution < -0.4 is 0 Å². The fraction of sp³-hybridized carbons (Fsp3) is 0.857. The van der Waals surface area contributed by atoms with E-state index in [-0.39, 0.29) is 16.9 Å². The first kappa shape index (κ1) is 16.2. The quantitative estimate of drug-likeness (QED) is 0.454. The van der Waals surface area contributed by atoms with Crippen LogP contribution in [0.15, 0.2) is 0 Å². The molecule has 110 valence electrons. The van der Waals surface area contributed by atoms with Crippen molar-refractivity contribution in [2.75, 3.05) is 0 Å². The summed E-state index contributed by atoms with van der Waals surface area (Å²) in [5, 5.41) is 0.0378. The van der Waals surface area contributed by atoms with Crippen LogP contribution in [-0.4, -0.2) is 30.9 Å². The molecule has 1 aliphatic heterocycles. The maximum atomic E-state index is 12.6. The van der Waals surface area contributed by atoms with E-state index in [0.717, 1.165) is 0 Å². The van der Waals surface area contributed by atoms with Gasteiger partial charge in [0.2, 0.25) is 5.91 Å². The molecule has 2 atom stereocenters. The van der Waals surface area contributed by atoms with Crippen LogP contribution in [0.1, 0.15) is 48.0 Å². The van der Waals surface area contributed by atoms with Gasteiger partial charge in [0.25, 0.3) is 0 Å². The number of nitrogens with zero attached hydrogens (tertiary/aromatic N) is 1. The molecule has 1 heterocycles. The predicted octanol–water partition coefficient (Wildman–Crippen LogP) is 3.14. The average Bonchev–Trinajstić information content (AvgIpc) is 2.24. The van der Waals surface area contributed by atoms with Crippen molar-refractivity contribution in [3.63, 3.8) is 0 Å². The molecule has 0 radical (unpaired) electrons. The van der Waals surface area contributed by atoms with Gasteiger partial charge in [-0.15, -0.1) is 0 Å². The third kappa shape index (κ3) is 2.33. The van der Waals surface area contributed by atoms with Gasteiger partial charge in [-0.2, -0.15) is 0 Å². The minimum Gasteiger partial charge on any atom is -0.441 e. The molecule has 0 aliphatic carbocycles. The van der Waals surface area contributed by atoms with Crippen molar-refractivity contribution >= 4 is 20.1 Å². The van der Waals surface area contributed by atoms with E-state index in [1.54, 1.807) is 0 Å². The van der Waals surface area contributed by atoms with Crippen LogP contribution in [0.2, 0.25) is 18.1 Å². The monoisotopic (exact) mass is 285 g/mol. The maximum Gasteiger partial charge on any atom is 0.304 e. The highest BCUT2D eigenvalue weighted by atomic mass is 28.3. The van der Waals surface area contributed by atoms with Gasteiger partial charge in [0.05, 0.1) is 0 Å². The molecule has 0 aromatic carbocycles. The lowest BCUT2D eigenvalue weighted by atomic mass is 9.78. The Morgan fingerprint density at radius 2 is 1.89 bits per heavy atom. The summed E-state index contributed by atoms with van der Waals surface area (Å²) < 4.78 is 7.33. The highest BCUT2D eigenvalue weighted by Gasteiger charge is 2.64.